The molecule has 1 unspecified atom stereocenters. The van der Waals surface area contributed by atoms with E-state index in [0.717, 1.165) is 16.7 Å². The molecule has 0 bridgehead atoms. The fourth-order valence-corrected chi connectivity index (χ4v) is 2.50. The fourth-order valence-electron chi connectivity index (χ4n) is 2.50. The van der Waals surface area contributed by atoms with Crippen LogP contribution in [0.4, 0.5) is 0 Å². The molecule has 3 heteroatoms. The predicted octanol–water partition coefficient (Wildman–Crippen LogP) is 2.70. The van der Waals surface area contributed by atoms with Gasteiger partial charge in [0.1, 0.15) is 5.41 Å². The molecule has 1 heterocycles. The summed E-state index contributed by atoms with van der Waals surface area (Å²) >= 11 is 0. The van der Waals surface area contributed by atoms with E-state index >= 15 is 0 Å². The molecule has 0 amide bonds. The third-order valence-electron chi connectivity index (χ3n) is 3.50. The second-order valence-electron chi connectivity index (χ2n) is 4.49. The predicted molar refractivity (Wildman–Crippen MR) is 65.7 cm³/mol. The van der Waals surface area contributed by atoms with E-state index in [9.17, 15) is 9.90 Å². The van der Waals surface area contributed by atoms with Crippen molar-refractivity contribution in [1.82, 2.24) is 4.98 Å². The molecular formula is C14H15NO2. The highest BCUT2D eigenvalue weighted by molar-refractivity contribution is 5.83. The number of hydrogen-bond acceptors (Lipinski definition) is 2. The van der Waals surface area contributed by atoms with Crippen LogP contribution in [0.2, 0.25) is 0 Å². The number of allylic oxidation sites excluding steroid dienone is 3. The van der Waals surface area contributed by atoms with Gasteiger partial charge in [-0.05, 0) is 43.0 Å². The summed E-state index contributed by atoms with van der Waals surface area (Å²) in [5.74, 6) is -0.778. The number of carboxylic acids is 1. The van der Waals surface area contributed by atoms with E-state index in [-0.39, 0.29) is 0 Å². The first-order chi connectivity index (χ1) is 8.10. The Morgan fingerprint density at radius 2 is 2.12 bits per heavy atom. The number of aromatic nitrogens is 1. The van der Waals surface area contributed by atoms with Crippen LogP contribution < -0.4 is 0 Å². The van der Waals surface area contributed by atoms with Gasteiger partial charge in [-0.15, -0.1) is 0 Å². The van der Waals surface area contributed by atoms with Crippen molar-refractivity contribution in [2.45, 2.75) is 25.2 Å². The van der Waals surface area contributed by atoms with E-state index < -0.39 is 11.4 Å². The van der Waals surface area contributed by atoms with Gasteiger partial charge in [-0.25, -0.2) is 0 Å². The molecule has 2 rings (SSSR count). The van der Waals surface area contributed by atoms with Gasteiger partial charge in [0.25, 0.3) is 0 Å². The van der Waals surface area contributed by atoms with Crippen LogP contribution in [0.25, 0.3) is 0 Å². The van der Waals surface area contributed by atoms with Crippen LogP contribution in [0, 0.1) is 0 Å². The van der Waals surface area contributed by atoms with Gasteiger partial charge in [-0.2, -0.15) is 0 Å². The van der Waals surface area contributed by atoms with Crippen LogP contribution in [0.5, 0.6) is 0 Å². The lowest BCUT2D eigenvalue weighted by molar-refractivity contribution is -0.143. The molecule has 0 spiro atoms. The molecule has 1 aliphatic rings. The van der Waals surface area contributed by atoms with Gasteiger partial charge in [0.15, 0.2) is 0 Å². The molecule has 88 valence electrons. The lowest BCUT2D eigenvalue weighted by atomic mass is 9.77. The lowest BCUT2D eigenvalue weighted by Gasteiger charge is -2.25. The first kappa shape index (κ1) is 11.6. The van der Waals surface area contributed by atoms with Crippen LogP contribution in [0.3, 0.4) is 0 Å². The quantitative estimate of drug-likeness (QED) is 0.867. The van der Waals surface area contributed by atoms with Gasteiger partial charge < -0.3 is 5.11 Å². The summed E-state index contributed by atoms with van der Waals surface area (Å²) in [5.41, 5.74) is 2.14. The van der Waals surface area contributed by atoms with Crippen molar-refractivity contribution in [3.8, 4) is 0 Å². The maximum atomic E-state index is 11.6. The molecule has 1 aromatic heterocycles. The van der Waals surface area contributed by atoms with Crippen molar-refractivity contribution in [3.05, 3.63) is 53.9 Å². The molecule has 17 heavy (non-hydrogen) atoms. The Kier molecular flexibility index (Phi) is 2.84. The Bertz CT molecular complexity index is 490. The minimum atomic E-state index is -0.837. The molecule has 0 saturated heterocycles. The molecular weight excluding hydrogens is 214 g/mol. The Morgan fingerprint density at radius 3 is 2.59 bits per heavy atom. The zero-order valence-electron chi connectivity index (χ0n) is 9.81. The standard InChI is InChI=1S/C14H15NO2/c1-3-11-9-14(13(16)17,8-10(11)2)12-4-6-15-7-5-12/h3-7H,1,8-9H2,2H3,(H,16,17). The first-order valence-corrected chi connectivity index (χ1v) is 5.55. The van der Waals surface area contributed by atoms with Gasteiger partial charge in [0.05, 0.1) is 0 Å². The van der Waals surface area contributed by atoms with Gasteiger partial charge in [-0.3, -0.25) is 9.78 Å². The van der Waals surface area contributed by atoms with E-state index in [2.05, 4.69) is 11.6 Å². The number of hydrogen-bond donors (Lipinski definition) is 1. The van der Waals surface area contributed by atoms with Gasteiger partial charge >= 0.3 is 5.97 Å². The van der Waals surface area contributed by atoms with Crippen LogP contribution in [-0.4, -0.2) is 16.1 Å². The third-order valence-corrected chi connectivity index (χ3v) is 3.50. The zero-order valence-corrected chi connectivity index (χ0v) is 9.81. The molecule has 0 aromatic carbocycles. The number of carbonyl (C=O) groups is 1. The van der Waals surface area contributed by atoms with Crippen molar-refractivity contribution >= 4 is 5.97 Å². The number of pyridine rings is 1. The summed E-state index contributed by atoms with van der Waals surface area (Å²) in [7, 11) is 0. The van der Waals surface area contributed by atoms with E-state index in [4.69, 9.17) is 0 Å². The number of aliphatic carboxylic acids is 1. The van der Waals surface area contributed by atoms with Gasteiger partial charge in [0, 0.05) is 12.4 Å². The highest BCUT2D eigenvalue weighted by Gasteiger charge is 2.44. The van der Waals surface area contributed by atoms with Crippen molar-refractivity contribution < 1.29 is 9.90 Å². The highest BCUT2D eigenvalue weighted by Crippen LogP contribution is 2.44. The fraction of sp³-hybridized carbons (Fsp3) is 0.286. The number of nitrogens with zero attached hydrogens (tertiary/aromatic N) is 1. The number of rotatable bonds is 3. The van der Waals surface area contributed by atoms with Gasteiger partial charge in [-0.1, -0.05) is 18.2 Å². The van der Waals surface area contributed by atoms with Crippen LogP contribution in [-0.2, 0) is 10.2 Å². The van der Waals surface area contributed by atoms with Crippen molar-refractivity contribution in [3.63, 3.8) is 0 Å². The van der Waals surface area contributed by atoms with Crippen molar-refractivity contribution in [2.75, 3.05) is 0 Å². The Labute approximate surface area is 101 Å². The molecule has 0 saturated carbocycles. The summed E-state index contributed by atoms with van der Waals surface area (Å²) in [6.07, 6.45) is 6.11. The molecule has 1 atom stereocenters. The summed E-state index contributed by atoms with van der Waals surface area (Å²) in [4.78, 5) is 15.6. The topological polar surface area (TPSA) is 50.2 Å². The Balaban J connectivity index is 2.46. The van der Waals surface area contributed by atoms with E-state index in [1.165, 1.54) is 0 Å². The molecule has 0 fully saturated rings. The second kappa shape index (κ2) is 4.17. The monoisotopic (exact) mass is 229 g/mol. The summed E-state index contributed by atoms with van der Waals surface area (Å²) in [6.45, 7) is 5.72. The largest absolute Gasteiger partial charge is 0.481 e. The van der Waals surface area contributed by atoms with Crippen LogP contribution in [0.1, 0.15) is 25.3 Å². The van der Waals surface area contributed by atoms with Gasteiger partial charge in [0.2, 0.25) is 0 Å². The third kappa shape index (κ3) is 1.78. The van der Waals surface area contributed by atoms with Crippen molar-refractivity contribution in [1.29, 1.82) is 0 Å². The minimum absolute atomic E-state index is 0.516. The number of carboxylic acid groups (broad SMARTS) is 1. The average Bonchev–Trinajstić information content (AvgIpc) is 2.69. The molecule has 0 radical (unpaired) electrons. The summed E-state index contributed by atoms with van der Waals surface area (Å²) < 4.78 is 0. The smallest absolute Gasteiger partial charge is 0.314 e. The van der Waals surface area contributed by atoms with E-state index in [0.29, 0.717) is 12.8 Å². The van der Waals surface area contributed by atoms with E-state index in [1.54, 1.807) is 30.6 Å². The van der Waals surface area contributed by atoms with Crippen LogP contribution in [0.15, 0.2) is 48.3 Å². The Morgan fingerprint density at radius 1 is 1.47 bits per heavy atom. The summed E-state index contributed by atoms with van der Waals surface area (Å²) in [5, 5.41) is 9.57. The normalized spacial score (nSPS) is 23.8. The molecule has 1 aliphatic carbocycles. The SMILES string of the molecule is C=CC1=C(C)CC(C(=O)O)(c2ccncc2)C1. The maximum absolute atomic E-state index is 11.6. The molecule has 3 nitrogen and oxygen atoms in total. The summed E-state index contributed by atoms with van der Waals surface area (Å²) in [6, 6.07) is 3.57. The second-order valence-corrected chi connectivity index (χ2v) is 4.49. The Hall–Kier alpha value is -1.90. The zero-order chi connectivity index (χ0) is 12.5. The van der Waals surface area contributed by atoms with E-state index in [1.807, 2.05) is 6.92 Å². The lowest BCUT2D eigenvalue weighted by Crippen LogP contribution is -2.33. The maximum Gasteiger partial charge on any atom is 0.314 e. The molecule has 1 N–H and O–H groups in total. The van der Waals surface area contributed by atoms with Crippen molar-refractivity contribution in [2.24, 2.45) is 0 Å². The molecule has 0 aliphatic heterocycles. The minimum Gasteiger partial charge on any atom is -0.481 e. The average molecular weight is 229 g/mol. The first-order valence-electron chi connectivity index (χ1n) is 5.55. The highest BCUT2D eigenvalue weighted by atomic mass is 16.4. The van der Waals surface area contributed by atoms with Crippen LogP contribution >= 0.6 is 0 Å². The molecule has 1 aromatic rings.